The SMILES string of the molecule is Cc1cc(CBr)c(OC(F)(F)F)c(CC#N)n1. The molecule has 0 spiro atoms. The van der Waals surface area contributed by atoms with Crippen LogP contribution in [0.4, 0.5) is 13.2 Å². The summed E-state index contributed by atoms with van der Waals surface area (Å²) in [5.74, 6) is -0.387. The highest BCUT2D eigenvalue weighted by atomic mass is 79.9. The van der Waals surface area contributed by atoms with E-state index < -0.39 is 6.36 Å². The van der Waals surface area contributed by atoms with Crippen LogP contribution in [-0.4, -0.2) is 11.3 Å². The molecule has 0 unspecified atom stereocenters. The molecule has 1 rings (SSSR count). The molecule has 0 N–H and O–H groups in total. The predicted octanol–water partition coefficient (Wildman–Crippen LogP) is 3.25. The lowest BCUT2D eigenvalue weighted by Crippen LogP contribution is -2.19. The molecule has 7 heteroatoms. The molecule has 92 valence electrons. The van der Waals surface area contributed by atoms with Gasteiger partial charge in [0, 0.05) is 16.6 Å². The van der Waals surface area contributed by atoms with Gasteiger partial charge in [0.25, 0.3) is 0 Å². The molecular weight excluding hydrogens is 301 g/mol. The van der Waals surface area contributed by atoms with Crippen LogP contribution in [0.3, 0.4) is 0 Å². The average molecular weight is 309 g/mol. The molecule has 0 bridgehead atoms. The van der Waals surface area contributed by atoms with Crippen LogP contribution in [0.5, 0.6) is 5.75 Å². The molecular formula is C10H8BrF3N2O. The Hall–Kier alpha value is -1.29. The Morgan fingerprint density at radius 3 is 2.65 bits per heavy atom. The Kier molecular flexibility index (Phi) is 4.34. The second-order valence-corrected chi connectivity index (χ2v) is 3.78. The number of alkyl halides is 4. The molecule has 0 radical (unpaired) electrons. The van der Waals surface area contributed by atoms with Crippen molar-refractivity contribution >= 4 is 15.9 Å². The van der Waals surface area contributed by atoms with E-state index in [1.165, 1.54) is 6.07 Å². The van der Waals surface area contributed by atoms with Gasteiger partial charge in [0.05, 0.1) is 18.2 Å². The summed E-state index contributed by atoms with van der Waals surface area (Å²) in [6.07, 6.45) is -5.02. The van der Waals surface area contributed by atoms with Crippen molar-refractivity contribution in [1.29, 1.82) is 5.26 Å². The van der Waals surface area contributed by atoms with E-state index in [2.05, 4.69) is 25.7 Å². The number of halogens is 4. The van der Waals surface area contributed by atoms with Crippen LogP contribution < -0.4 is 4.74 Å². The quantitative estimate of drug-likeness (QED) is 0.805. The van der Waals surface area contributed by atoms with Gasteiger partial charge in [0.2, 0.25) is 0 Å². The van der Waals surface area contributed by atoms with Crippen molar-refractivity contribution in [3.8, 4) is 11.8 Å². The summed E-state index contributed by atoms with van der Waals surface area (Å²) < 4.78 is 40.6. The predicted molar refractivity (Wildman–Crippen MR) is 57.6 cm³/mol. The molecule has 3 nitrogen and oxygen atoms in total. The van der Waals surface area contributed by atoms with Crippen LogP contribution in [0.15, 0.2) is 6.07 Å². The number of rotatable bonds is 3. The summed E-state index contributed by atoms with van der Waals surface area (Å²) in [4.78, 5) is 3.89. The lowest BCUT2D eigenvalue weighted by molar-refractivity contribution is -0.275. The minimum Gasteiger partial charge on any atom is -0.403 e. The third-order valence-corrected chi connectivity index (χ3v) is 2.46. The molecule has 0 aliphatic heterocycles. The molecule has 1 aromatic rings. The molecule has 0 amide bonds. The van der Waals surface area contributed by atoms with E-state index in [1.807, 2.05) is 0 Å². The summed E-state index contributed by atoms with van der Waals surface area (Å²) in [6.45, 7) is 1.64. The van der Waals surface area contributed by atoms with Crippen LogP contribution in [0.1, 0.15) is 17.0 Å². The number of nitriles is 1. The van der Waals surface area contributed by atoms with Gasteiger partial charge in [-0.15, -0.1) is 13.2 Å². The maximum absolute atomic E-state index is 12.2. The fourth-order valence-electron chi connectivity index (χ4n) is 1.33. The van der Waals surface area contributed by atoms with E-state index in [0.29, 0.717) is 11.3 Å². The van der Waals surface area contributed by atoms with Crippen molar-refractivity contribution in [3.63, 3.8) is 0 Å². The van der Waals surface area contributed by atoms with E-state index >= 15 is 0 Å². The number of nitrogens with zero attached hydrogens (tertiary/aromatic N) is 2. The molecule has 0 saturated carbocycles. The minimum absolute atomic E-state index is 0.000671. The van der Waals surface area contributed by atoms with Gasteiger partial charge in [0.15, 0.2) is 5.75 Å². The zero-order valence-corrected chi connectivity index (χ0v) is 10.4. The Bertz CT molecular complexity index is 454. The highest BCUT2D eigenvalue weighted by molar-refractivity contribution is 9.08. The molecule has 0 fully saturated rings. The number of hydrogen-bond acceptors (Lipinski definition) is 3. The van der Waals surface area contributed by atoms with E-state index in [4.69, 9.17) is 5.26 Å². The maximum Gasteiger partial charge on any atom is 0.573 e. The van der Waals surface area contributed by atoms with Crippen molar-refractivity contribution in [2.45, 2.75) is 25.0 Å². The summed E-state index contributed by atoms with van der Waals surface area (Å²) in [5, 5.41) is 8.75. The van der Waals surface area contributed by atoms with Gasteiger partial charge >= 0.3 is 6.36 Å². The smallest absolute Gasteiger partial charge is 0.403 e. The number of aromatic nitrogens is 1. The van der Waals surface area contributed by atoms with Crippen molar-refractivity contribution in [1.82, 2.24) is 4.98 Å². The Balaban J connectivity index is 3.27. The first kappa shape index (κ1) is 13.8. The first-order valence-electron chi connectivity index (χ1n) is 4.55. The largest absolute Gasteiger partial charge is 0.573 e. The zero-order chi connectivity index (χ0) is 13.1. The fourth-order valence-corrected chi connectivity index (χ4v) is 1.75. The third kappa shape index (κ3) is 3.89. The standard InChI is InChI=1S/C10H8BrF3N2O/c1-6-4-7(5-11)9(17-10(12,13)14)8(16-6)2-3-15/h4H,2,5H2,1H3. The van der Waals surface area contributed by atoms with Gasteiger partial charge in [-0.2, -0.15) is 5.26 Å². The van der Waals surface area contributed by atoms with Crippen molar-refractivity contribution in [3.05, 3.63) is 23.0 Å². The monoisotopic (exact) mass is 308 g/mol. The molecule has 0 aromatic carbocycles. The topological polar surface area (TPSA) is 45.9 Å². The summed E-state index contributed by atoms with van der Waals surface area (Å²) in [5.41, 5.74) is 0.860. The minimum atomic E-state index is -4.79. The maximum atomic E-state index is 12.2. The normalized spacial score (nSPS) is 11.1. The first-order valence-corrected chi connectivity index (χ1v) is 5.67. The highest BCUT2D eigenvalue weighted by Gasteiger charge is 2.33. The second kappa shape index (κ2) is 5.36. The average Bonchev–Trinajstić information content (AvgIpc) is 2.20. The van der Waals surface area contributed by atoms with E-state index in [9.17, 15) is 13.2 Å². The number of pyridine rings is 1. The van der Waals surface area contributed by atoms with Gasteiger partial charge < -0.3 is 4.74 Å². The van der Waals surface area contributed by atoms with Gasteiger partial charge in [0.1, 0.15) is 0 Å². The number of ether oxygens (including phenoxy) is 1. The van der Waals surface area contributed by atoms with Crippen molar-refractivity contribution in [2.24, 2.45) is 0 Å². The Morgan fingerprint density at radius 1 is 1.53 bits per heavy atom. The molecule has 1 heterocycles. The molecule has 0 aliphatic carbocycles. The van der Waals surface area contributed by atoms with Gasteiger partial charge in [-0.05, 0) is 13.0 Å². The Labute approximate surface area is 104 Å². The van der Waals surface area contributed by atoms with Gasteiger partial charge in [-0.25, -0.2) is 0 Å². The molecule has 0 saturated heterocycles. The van der Waals surface area contributed by atoms with Crippen LogP contribution in [0.2, 0.25) is 0 Å². The lowest BCUT2D eigenvalue weighted by Gasteiger charge is -2.15. The van der Waals surface area contributed by atoms with Gasteiger partial charge in [-0.3, -0.25) is 4.98 Å². The Morgan fingerprint density at radius 2 is 2.18 bits per heavy atom. The fraction of sp³-hybridized carbons (Fsp3) is 0.400. The van der Waals surface area contributed by atoms with Crippen LogP contribution in [0, 0.1) is 18.3 Å². The van der Waals surface area contributed by atoms with Crippen LogP contribution in [-0.2, 0) is 11.8 Å². The molecule has 1 aromatic heterocycles. The second-order valence-electron chi connectivity index (χ2n) is 3.21. The number of aryl methyl sites for hydroxylation is 1. The molecule has 0 atom stereocenters. The number of hydrogen-bond donors (Lipinski definition) is 0. The van der Waals surface area contributed by atoms with E-state index in [0.717, 1.165) is 0 Å². The summed E-state index contributed by atoms with van der Waals surface area (Å²) >= 11 is 3.08. The van der Waals surface area contributed by atoms with Crippen LogP contribution >= 0.6 is 15.9 Å². The third-order valence-electron chi connectivity index (χ3n) is 1.86. The van der Waals surface area contributed by atoms with Crippen LogP contribution in [0.25, 0.3) is 0 Å². The van der Waals surface area contributed by atoms with E-state index in [-0.39, 0.29) is 23.2 Å². The molecule has 0 aliphatic rings. The van der Waals surface area contributed by atoms with Crippen molar-refractivity contribution in [2.75, 3.05) is 0 Å². The summed E-state index contributed by atoms with van der Waals surface area (Å²) in [6, 6.07) is 3.25. The zero-order valence-electron chi connectivity index (χ0n) is 8.81. The first-order chi connectivity index (χ1) is 7.87. The highest BCUT2D eigenvalue weighted by Crippen LogP contribution is 2.31. The van der Waals surface area contributed by atoms with E-state index in [1.54, 1.807) is 13.0 Å². The molecule has 17 heavy (non-hydrogen) atoms. The van der Waals surface area contributed by atoms with Crippen molar-refractivity contribution < 1.29 is 17.9 Å². The summed E-state index contributed by atoms with van der Waals surface area (Å²) in [7, 11) is 0. The lowest BCUT2D eigenvalue weighted by atomic mass is 10.1. The van der Waals surface area contributed by atoms with Gasteiger partial charge in [-0.1, -0.05) is 15.9 Å².